The SMILES string of the molecule is COCCNC(=O)c1cccnc1Sc1ccc(C)cc1C. The average Bonchev–Trinajstić information content (AvgIpc) is 2.51. The quantitative estimate of drug-likeness (QED) is 0.831. The largest absolute Gasteiger partial charge is 0.383 e. The first-order valence-electron chi connectivity index (χ1n) is 7.09. The summed E-state index contributed by atoms with van der Waals surface area (Å²) in [7, 11) is 1.61. The number of nitrogens with zero attached hydrogens (tertiary/aromatic N) is 1. The molecule has 0 aliphatic carbocycles. The molecule has 0 unspecified atom stereocenters. The number of hydrogen-bond donors (Lipinski definition) is 1. The second kappa shape index (κ2) is 7.96. The Kier molecular flexibility index (Phi) is 5.98. The number of hydrogen-bond acceptors (Lipinski definition) is 4. The van der Waals surface area contributed by atoms with Gasteiger partial charge in [0.25, 0.3) is 5.91 Å². The van der Waals surface area contributed by atoms with Crippen LogP contribution in [0.5, 0.6) is 0 Å². The lowest BCUT2D eigenvalue weighted by Crippen LogP contribution is -2.27. The summed E-state index contributed by atoms with van der Waals surface area (Å²) in [4.78, 5) is 17.7. The molecule has 0 radical (unpaired) electrons. The maximum absolute atomic E-state index is 12.2. The molecule has 1 heterocycles. The molecule has 116 valence electrons. The van der Waals surface area contributed by atoms with Crippen LogP contribution in [-0.4, -0.2) is 31.2 Å². The molecule has 0 atom stereocenters. The highest BCUT2D eigenvalue weighted by molar-refractivity contribution is 7.99. The Morgan fingerprint density at radius 3 is 2.86 bits per heavy atom. The van der Waals surface area contributed by atoms with Gasteiger partial charge in [-0.15, -0.1) is 0 Å². The number of aryl methyl sites for hydroxylation is 2. The number of rotatable bonds is 6. The molecule has 0 bridgehead atoms. The Morgan fingerprint density at radius 1 is 1.32 bits per heavy atom. The van der Waals surface area contributed by atoms with Gasteiger partial charge in [-0.2, -0.15) is 0 Å². The molecule has 5 heteroatoms. The second-order valence-electron chi connectivity index (χ2n) is 4.98. The van der Waals surface area contributed by atoms with E-state index in [0.717, 1.165) is 4.90 Å². The number of ether oxygens (including phenoxy) is 1. The van der Waals surface area contributed by atoms with E-state index >= 15 is 0 Å². The smallest absolute Gasteiger partial charge is 0.254 e. The number of methoxy groups -OCH3 is 1. The van der Waals surface area contributed by atoms with Gasteiger partial charge in [0.15, 0.2) is 0 Å². The second-order valence-corrected chi connectivity index (χ2v) is 6.01. The van der Waals surface area contributed by atoms with Crippen LogP contribution in [0, 0.1) is 13.8 Å². The lowest BCUT2D eigenvalue weighted by atomic mass is 10.2. The third kappa shape index (κ3) is 4.32. The first-order valence-corrected chi connectivity index (χ1v) is 7.90. The van der Waals surface area contributed by atoms with Gasteiger partial charge in [-0.05, 0) is 37.6 Å². The average molecular weight is 316 g/mol. The molecular formula is C17H20N2O2S. The summed E-state index contributed by atoms with van der Waals surface area (Å²) in [6, 6.07) is 9.83. The fraction of sp³-hybridized carbons (Fsp3) is 0.294. The monoisotopic (exact) mass is 316 g/mol. The minimum Gasteiger partial charge on any atom is -0.383 e. The van der Waals surface area contributed by atoms with Gasteiger partial charge < -0.3 is 10.1 Å². The Hall–Kier alpha value is -1.85. The summed E-state index contributed by atoms with van der Waals surface area (Å²) in [6.07, 6.45) is 1.71. The van der Waals surface area contributed by atoms with E-state index in [2.05, 4.69) is 42.3 Å². The van der Waals surface area contributed by atoms with Crippen molar-refractivity contribution in [2.45, 2.75) is 23.8 Å². The number of nitrogens with one attached hydrogen (secondary N) is 1. The highest BCUT2D eigenvalue weighted by Crippen LogP contribution is 2.31. The van der Waals surface area contributed by atoms with Gasteiger partial charge in [-0.25, -0.2) is 4.98 Å². The molecule has 1 N–H and O–H groups in total. The molecule has 0 spiro atoms. The van der Waals surface area contributed by atoms with Gasteiger partial charge in [-0.1, -0.05) is 29.5 Å². The van der Waals surface area contributed by atoms with Crippen molar-refractivity contribution in [1.82, 2.24) is 10.3 Å². The zero-order valence-electron chi connectivity index (χ0n) is 13.1. The van der Waals surface area contributed by atoms with Gasteiger partial charge in [-0.3, -0.25) is 4.79 Å². The van der Waals surface area contributed by atoms with E-state index < -0.39 is 0 Å². The molecule has 22 heavy (non-hydrogen) atoms. The van der Waals surface area contributed by atoms with Crippen molar-refractivity contribution in [3.05, 3.63) is 53.2 Å². The molecule has 1 aromatic carbocycles. The van der Waals surface area contributed by atoms with Crippen LogP contribution in [-0.2, 0) is 4.74 Å². The molecule has 1 aromatic heterocycles. The minimum atomic E-state index is -0.127. The van der Waals surface area contributed by atoms with Crippen LogP contribution < -0.4 is 5.32 Å². The summed E-state index contributed by atoms with van der Waals surface area (Å²) in [5.41, 5.74) is 2.99. The van der Waals surface area contributed by atoms with Crippen LogP contribution in [0.3, 0.4) is 0 Å². The van der Waals surface area contributed by atoms with Gasteiger partial charge >= 0.3 is 0 Å². The van der Waals surface area contributed by atoms with Crippen LogP contribution in [0.4, 0.5) is 0 Å². The summed E-state index contributed by atoms with van der Waals surface area (Å²) in [5.74, 6) is -0.127. The highest BCUT2D eigenvalue weighted by atomic mass is 32.2. The molecule has 2 rings (SSSR count). The number of carbonyl (C=O) groups excluding carboxylic acids is 1. The molecule has 4 nitrogen and oxygen atoms in total. The van der Waals surface area contributed by atoms with Crippen LogP contribution in [0.2, 0.25) is 0 Å². The summed E-state index contributed by atoms with van der Waals surface area (Å²) < 4.78 is 4.95. The molecular weight excluding hydrogens is 296 g/mol. The van der Waals surface area contributed by atoms with E-state index in [-0.39, 0.29) is 5.91 Å². The molecule has 1 amide bonds. The van der Waals surface area contributed by atoms with Crippen LogP contribution >= 0.6 is 11.8 Å². The molecule has 0 saturated heterocycles. The standard InChI is InChI=1S/C17H20N2O2S/c1-12-6-7-15(13(2)11-12)22-17-14(5-4-8-19-17)16(20)18-9-10-21-3/h4-8,11H,9-10H2,1-3H3,(H,18,20). The molecule has 0 aliphatic heterocycles. The van der Waals surface area contributed by atoms with E-state index in [4.69, 9.17) is 4.74 Å². The third-order valence-corrected chi connectivity index (χ3v) is 4.34. The summed E-state index contributed by atoms with van der Waals surface area (Å²) in [5, 5.41) is 3.54. The summed E-state index contributed by atoms with van der Waals surface area (Å²) in [6.45, 7) is 5.11. The normalized spacial score (nSPS) is 10.5. The Bertz CT molecular complexity index is 659. The zero-order chi connectivity index (χ0) is 15.9. The van der Waals surface area contributed by atoms with Gasteiger partial charge in [0.2, 0.25) is 0 Å². The number of carbonyl (C=O) groups is 1. The van der Waals surface area contributed by atoms with Gasteiger partial charge in [0, 0.05) is 24.7 Å². The topological polar surface area (TPSA) is 51.2 Å². The first-order chi connectivity index (χ1) is 10.6. The predicted molar refractivity (Wildman–Crippen MR) is 88.5 cm³/mol. The third-order valence-electron chi connectivity index (χ3n) is 3.14. The van der Waals surface area contributed by atoms with Crippen molar-refractivity contribution >= 4 is 17.7 Å². The van der Waals surface area contributed by atoms with Crippen molar-refractivity contribution in [2.75, 3.05) is 20.3 Å². The van der Waals surface area contributed by atoms with E-state index in [1.165, 1.54) is 22.9 Å². The van der Waals surface area contributed by atoms with Crippen LogP contribution in [0.15, 0.2) is 46.5 Å². The Labute approximate surface area is 135 Å². The number of aromatic nitrogens is 1. The lowest BCUT2D eigenvalue weighted by molar-refractivity contribution is 0.0933. The lowest BCUT2D eigenvalue weighted by Gasteiger charge is -2.10. The fourth-order valence-electron chi connectivity index (χ4n) is 2.02. The van der Waals surface area contributed by atoms with E-state index in [1.54, 1.807) is 25.4 Å². The van der Waals surface area contributed by atoms with Crippen molar-refractivity contribution in [3.8, 4) is 0 Å². The van der Waals surface area contributed by atoms with Crippen molar-refractivity contribution < 1.29 is 9.53 Å². The molecule has 0 saturated carbocycles. The maximum atomic E-state index is 12.2. The Balaban J connectivity index is 2.19. The van der Waals surface area contributed by atoms with E-state index in [0.29, 0.717) is 23.7 Å². The predicted octanol–water partition coefficient (Wildman–Crippen LogP) is 3.23. The molecule has 0 aliphatic rings. The Morgan fingerprint density at radius 2 is 2.14 bits per heavy atom. The van der Waals surface area contributed by atoms with Crippen molar-refractivity contribution in [3.63, 3.8) is 0 Å². The van der Waals surface area contributed by atoms with Gasteiger partial charge in [0.05, 0.1) is 12.2 Å². The van der Waals surface area contributed by atoms with Crippen LogP contribution in [0.25, 0.3) is 0 Å². The minimum absolute atomic E-state index is 0.127. The zero-order valence-corrected chi connectivity index (χ0v) is 13.9. The first kappa shape index (κ1) is 16.5. The van der Waals surface area contributed by atoms with E-state index in [1.807, 2.05) is 0 Å². The maximum Gasteiger partial charge on any atom is 0.254 e. The molecule has 2 aromatic rings. The number of pyridine rings is 1. The van der Waals surface area contributed by atoms with Crippen molar-refractivity contribution in [1.29, 1.82) is 0 Å². The van der Waals surface area contributed by atoms with Gasteiger partial charge in [0.1, 0.15) is 5.03 Å². The fourth-order valence-corrected chi connectivity index (χ4v) is 2.97. The number of benzene rings is 1. The molecule has 0 fully saturated rings. The highest BCUT2D eigenvalue weighted by Gasteiger charge is 2.13. The summed E-state index contributed by atoms with van der Waals surface area (Å²) >= 11 is 1.51. The van der Waals surface area contributed by atoms with E-state index in [9.17, 15) is 4.79 Å². The number of amides is 1. The van der Waals surface area contributed by atoms with Crippen molar-refractivity contribution in [2.24, 2.45) is 0 Å². The van der Waals surface area contributed by atoms with Crippen LogP contribution in [0.1, 0.15) is 21.5 Å².